The molecule has 3 aliphatic rings. The SMILES string of the molecule is CCc1nc(N)sc1C(=O)N1C[C@H]2CC[C@@H]1CN(c1ncccn1)C2. The number of anilines is 2. The predicted octanol–water partition coefficient (Wildman–Crippen LogP) is 1.82. The smallest absolute Gasteiger partial charge is 0.266 e. The van der Waals surface area contributed by atoms with E-state index in [-0.39, 0.29) is 11.9 Å². The maximum absolute atomic E-state index is 13.2. The number of amides is 1. The molecule has 3 aliphatic heterocycles. The molecule has 0 unspecified atom stereocenters. The van der Waals surface area contributed by atoms with Crippen molar-refractivity contribution in [2.45, 2.75) is 32.2 Å². The summed E-state index contributed by atoms with van der Waals surface area (Å²) in [6, 6.07) is 2.01. The third-order valence-corrected chi connectivity index (χ3v) is 5.97. The number of thiazole rings is 1. The van der Waals surface area contributed by atoms with E-state index in [0.29, 0.717) is 15.9 Å². The zero-order chi connectivity index (χ0) is 17.4. The van der Waals surface area contributed by atoms with Gasteiger partial charge < -0.3 is 15.5 Å². The number of carbonyl (C=O) groups is 1. The van der Waals surface area contributed by atoms with Gasteiger partial charge in [-0.2, -0.15) is 0 Å². The second-order valence-electron chi connectivity index (χ2n) is 6.69. The van der Waals surface area contributed by atoms with Crippen molar-refractivity contribution in [2.24, 2.45) is 5.92 Å². The molecule has 2 atom stereocenters. The number of nitrogen functional groups attached to an aromatic ring is 1. The van der Waals surface area contributed by atoms with E-state index in [4.69, 9.17) is 5.73 Å². The van der Waals surface area contributed by atoms with Crippen molar-refractivity contribution in [2.75, 3.05) is 30.3 Å². The second-order valence-corrected chi connectivity index (χ2v) is 7.72. The summed E-state index contributed by atoms with van der Waals surface area (Å²) >= 11 is 1.31. The van der Waals surface area contributed by atoms with Crippen molar-refractivity contribution < 1.29 is 4.79 Å². The van der Waals surface area contributed by atoms with Gasteiger partial charge >= 0.3 is 0 Å². The molecule has 1 amide bonds. The fourth-order valence-corrected chi connectivity index (χ4v) is 4.73. The van der Waals surface area contributed by atoms with E-state index in [9.17, 15) is 4.79 Å². The molecule has 2 aromatic heterocycles. The highest BCUT2D eigenvalue weighted by atomic mass is 32.1. The van der Waals surface area contributed by atoms with Crippen molar-refractivity contribution in [1.82, 2.24) is 19.9 Å². The minimum Gasteiger partial charge on any atom is -0.375 e. The molecule has 0 radical (unpaired) electrons. The van der Waals surface area contributed by atoms with Crippen LogP contribution in [0.25, 0.3) is 0 Å². The molecule has 2 N–H and O–H groups in total. The van der Waals surface area contributed by atoms with Crippen LogP contribution in [0.2, 0.25) is 0 Å². The Kier molecular flexibility index (Phi) is 4.29. The Hall–Kier alpha value is -2.22. The summed E-state index contributed by atoms with van der Waals surface area (Å²) in [5.41, 5.74) is 6.65. The summed E-state index contributed by atoms with van der Waals surface area (Å²) in [7, 11) is 0. The van der Waals surface area contributed by atoms with Crippen molar-refractivity contribution in [3.05, 3.63) is 29.0 Å². The normalized spacial score (nSPS) is 22.9. The predicted molar refractivity (Wildman–Crippen MR) is 97.7 cm³/mol. The van der Waals surface area contributed by atoms with Crippen molar-refractivity contribution in [1.29, 1.82) is 0 Å². The molecule has 2 aromatic rings. The highest BCUT2D eigenvalue weighted by Crippen LogP contribution is 2.32. The largest absolute Gasteiger partial charge is 0.375 e. The molecule has 3 fully saturated rings. The van der Waals surface area contributed by atoms with Gasteiger partial charge in [-0.1, -0.05) is 18.3 Å². The first-order chi connectivity index (χ1) is 12.2. The standard InChI is InChI=1S/C17H22N6OS/c1-2-13-14(25-16(18)21-13)15(24)23-9-11-4-5-12(23)10-22(8-11)17-19-6-3-7-20-17/h3,6-7,11-12H,2,4-5,8-10H2,1H3,(H2,18,21)/t11-,12+/m0/s1. The lowest BCUT2D eigenvalue weighted by molar-refractivity contribution is 0.0595. The van der Waals surface area contributed by atoms with Crippen LogP contribution in [0, 0.1) is 5.92 Å². The number of nitrogens with two attached hydrogens (primary N) is 1. The number of rotatable bonds is 3. The summed E-state index contributed by atoms with van der Waals surface area (Å²) in [5, 5.41) is 0.472. The van der Waals surface area contributed by atoms with Gasteiger partial charge in [0.2, 0.25) is 5.95 Å². The van der Waals surface area contributed by atoms with Gasteiger partial charge in [0.25, 0.3) is 5.91 Å². The van der Waals surface area contributed by atoms with Gasteiger partial charge in [0, 0.05) is 38.1 Å². The van der Waals surface area contributed by atoms with Gasteiger partial charge in [0.15, 0.2) is 5.13 Å². The second kappa shape index (κ2) is 6.59. The van der Waals surface area contributed by atoms with E-state index in [1.807, 2.05) is 17.9 Å². The Morgan fingerprint density at radius 1 is 1.28 bits per heavy atom. The molecule has 8 heteroatoms. The molecule has 5 rings (SSSR count). The molecule has 3 saturated heterocycles. The summed E-state index contributed by atoms with van der Waals surface area (Å²) in [6.07, 6.45) is 6.43. The summed E-state index contributed by atoms with van der Waals surface area (Å²) < 4.78 is 0. The monoisotopic (exact) mass is 358 g/mol. The van der Waals surface area contributed by atoms with Gasteiger partial charge in [0.1, 0.15) is 4.88 Å². The Morgan fingerprint density at radius 3 is 2.84 bits per heavy atom. The number of nitrogens with zero attached hydrogens (tertiary/aromatic N) is 5. The molecule has 2 bridgehead atoms. The lowest BCUT2D eigenvalue weighted by Crippen LogP contribution is -2.47. The van der Waals surface area contributed by atoms with Crippen molar-refractivity contribution in [3.63, 3.8) is 0 Å². The molecular formula is C17H22N6OS. The maximum atomic E-state index is 13.2. The fraction of sp³-hybridized carbons (Fsp3) is 0.529. The van der Waals surface area contributed by atoms with Crippen LogP contribution in [0.4, 0.5) is 11.1 Å². The number of hydrogen-bond donors (Lipinski definition) is 1. The number of fused-ring (bicyclic) bond motifs is 4. The summed E-state index contributed by atoms with van der Waals surface area (Å²) in [6.45, 7) is 4.47. The molecular weight excluding hydrogens is 336 g/mol. The summed E-state index contributed by atoms with van der Waals surface area (Å²) in [4.78, 5) is 31.2. The molecule has 0 aromatic carbocycles. The van der Waals surface area contributed by atoms with E-state index < -0.39 is 0 Å². The van der Waals surface area contributed by atoms with Gasteiger partial charge in [-0.15, -0.1) is 0 Å². The lowest BCUT2D eigenvalue weighted by atomic mass is 9.95. The van der Waals surface area contributed by atoms with E-state index in [0.717, 1.165) is 50.5 Å². The van der Waals surface area contributed by atoms with Crippen LogP contribution in [0.15, 0.2) is 18.5 Å². The highest BCUT2D eigenvalue weighted by molar-refractivity contribution is 7.17. The first kappa shape index (κ1) is 16.3. The number of aromatic nitrogens is 3. The van der Waals surface area contributed by atoms with E-state index in [2.05, 4.69) is 19.9 Å². The maximum Gasteiger partial charge on any atom is 0.266 e. The van der Waals surface area contributed by atoms with Gasteiger partial charge in [0.05, 0.1) is 5.69 Å². The Labute approximate surface area is 150 Å². The third-order valence-electron chi connectivity index (χ3n) is 5.05. The topological polar surface area (TPSA) is 88.2 Å². The minimum absolute atomic E-state index is 0.0802. The summed E-state index contributed by atoms with van der Waals surface area (Å²) in [5.74, 6) is 1.28. The molecule has 0 aliphatic carbocycles. The van der Waals surface area contributed by atoms with Crippen LogP contribution in [0.3, 0.4) is 0 Å². The number of piperidine rings is 1. The quantitative estimate of drug-likeness (QED) is 0.900. The molecule has 25 heavy (non-hydrogen) atoms. The van der Waals surface area contributed by atoms with Gasteiger partial charge in [-0.3, -0.25) is 4.79 Å². The van der Waals surface area contributed by atoms with Crippen LogP contribution in [-0.2, 0) is 6.42 Å². The number of carbonyl (C=O) groups excluding carboxylic acids is 1. The minimum atomic E-state index is 0.0802. The Balaban J connectivity index is 1.59. The Morgan fingerprint density at radius 2 is 2.08 bits per heavy atom. The Bertz CT molecular complexity index is 764. The zero-order valence-corrected chi connectivity index (χ0v) is 15.1. The van der Waals surface area contributed by atoms with E-state index in [1.54, 1.807) is 12.4 Å². The third kappa shape index (κ3) is 3.06. The van der Waals surface area contributed by atoms with Crippen LogP contribution < -0.4 is 10.6 Å². The van der Waals surface area contributed by atoms with Gasteiger partial charge in [-0.25, -0.2) is 15.0 Å². The molecule has 7 nitrogen and oxygen atoms in total. The van der Waals surface area contributed by atoms with Gasteiger partial charge in [-0.05, 0) is 31.2 Å². The highest BCUT2D eigenvalue weighted by Gasteiger charge is 2.39. The first-order valence-electron chi connectivity index (χ1n) is 8.73. The average Bonchev–Trinajstić information content (AvgIpc) is 2.81. The van der Waals surface area contributed by atoms with Crippen LogP contribution in [0.5, 0.6) is 0 Å². The zero-order valence-electron chi connectivity index (χ0n) is 14.3. The van der Waals surface area contributed by atoms with Crippen molar-refractivity contribution in [3.8, 4) is 0 Å². The lowest BCUT2D eigenvalue weighted by Gasteiger charge is -2.35. The van der Waals surface area contributed by atoms with Crippen LogP contribution in [-0.4, -0.2) is 51.4 Å². The fourth-order valence-electron chi connectivity index (χ4n) is 3.86. The molecule has 0 saturated carbocycles. The average molecular weight is 358 g/mol. The molecule has 5 heterocycles. The van der Waals surface area contributed by atoms with Crippen LogP contribution >= 0.6 is 11.3 Å². The van der Waals surface area contributed by atoms with Crippen molar-refractivity contribution >= 4 is 28.3 Å². The van der Waals surface area contributed by atoms with E-state index >= 15 is 0 Å². The molecule has 0 spiro atoms. The first-order valence-corrected chi connectivity index (χ1v) is 9.55. The van der Waals surface area contributed by atoms with Crippen LogP contribution in [0.1, 0.15) is 35.1 Å². The number of hydrogen-bond acceptors (Lipinski definition) is 7. The number of aryl methyl sites for hydroxylation is 1. The molecule has 132 valence electrons. The van der Waals surface area contributed by atoms with E-state index in [1.165, 1.54) is 11.3 Å².